The Labute approximate surface area is 80.7 Å². The number of rotatable bonds is 6. The molecule has 0 atom stereocenters. The number of hydrogen-bond acceptors (Lipinski definition) is 2. The molecule has 0 aromatic rings. The van der Waals surface area contributed by atoms with Crippen LogP contribution in [0.25, 0.3) is 0 Å². The Balaban J connectivity index is -0.000000720. The van der Waals surface area contributed by atoms with Crippen molar-refractivity contribution in [3.05, 3.63) is 25.3 Å². The highest BCUT2D eigenvalue weighted by molar-refractivity contribution is 5.87. The molecular weight excluding hydrogens is 168 g/mol. The molecule has 2 N–H and O–H groups in total. The minimum Gasteiger partial charge on any atom is -0.353 e. The molecule has 0 spiro atoms. The van der Waals surface area contributed by atoms with Gasteiger partial charge in [-0.05, 0) is 18.6 Å². The number of amides is 2. The minimum absolute atomic E-state index is 0. The van der Waals surface area contributed by atoms with E-state index in [0.29, 0.717) is 19.5 Å². The van der Waals surface area contributed by atoms with Crippen molar-refractivity contribution in [2.45, 2.75) is 6.42 Å². The van der Waals surface area contributed by atoms with E-state index in [1.165, 1.54) is 12.2 Å². The second kappa shape index (κ2) is 7.09. The van der Waals surface area contributed by atoms with Crippen LogP contribution in [-0.4, -0.2) is 24.9 Å². The first kappa shape index (κ1) is 11.4. The molecule has 0 unspecified atom stereocenters. The SMILES string of the molecule is C=CC(=O)NCCCNC(=O)C=C.[HH].[HH]. The van der Waals surface area contributed by atoms with Gasteiger partial charge in [0.15, 0.2) is 0 Å². The van der Waals surface area contributed by atoms with E-state index in [9.17, 15) is 9.59 Å². The van der Waals surface area contributed by atoms with Crippen molar-refractivity contribution in [3.63, 3.8) is 0 Å². The monoisotopic (exact) mass is 186 g/mol. The average Bonchev–Trinajstić information content (AvgIpc) is 2.16. The topological polar surface area (TPSA) is 58.2 Å². The van der Waals surface area contributed by atoms with Gasteiger partial charge in [0.25, 0.3) is 0 Å². The van der Waals surface area contributed by atoms with Crippen molar-refractivity contribution in [1.82, 2.24) is 10.6 Å². The fourth-order valence-corrected chi connectivity index (χ4v) is 0.656. The third-order valence-electron chi connectivity index (χ3n) is 1.32. The van der Waals surface area contributed by atoms with Gasteiger partial charge in [0.05, 0.1) is 0 Å². The fourth-order valence-electron chi connectivity index (χ4n) is 0.656. The average molecular weight is 186 g/mol. The molecule has 2 amide bonds. The molecule has 0 saturated heterocycles. The second-order valence-corrected chi connectivity index (χ2v) is 2.34. The molecule has 0 fully saturated rings. The van der Waals surface area contributed by atoms with Crippen LogP contribution >= 0.6 is 0 Å². The number of hydrogen-bond donors (Lipinski definition) is 2. The number of carbonyl (C=O) groups excluding carboxylic acids is 2. The first-order valence-corrected chi connectivity index (χ1v) is 4.01. The van der Waals surface area contributed by atoms with Crippen molar-refractivity contribution >= 4 is 11.8 Å². The second-order valence-electron chi connectivity index (χ2n) is 2.34. The van der Waals surface area contributed by atoms with Gasteiger partial charge in [-0.15, -0.1) is 0 Å². The lowest BCUT2D eigenvalue weighted by atomic mass is 10.4. The molecule has 0 aliphatic carbocycles. The van der Waals surface area contributed by atoms with Crippen LogP contribution in [0.2, 0.25) is 0 Å². The van der Waals surface area contributed by atoms with Gasteiger partial charge in [0, 0.05) is 15.9 Å². The summed E-state index contributed by atoms with van der Waals surface area (Å²) in [5.74, 6) is -0.398. The van der Waals surface area contributed by atoms with Gasteiger partial charge in [0.2, 0.25) is 11.8 Å². The highest BCUT2D eigenvalue weighted by Gasteiger charge is 1.94. The highest BCUT2D eigenvalue weighted by Crippen LogP contribution is 1.75. The zero-order valence-electron chi connectivity index (χ0n) is 7.51. The molecule has 0 heterocycles. The van der Waals surface area contributed by atoms with Gasteiger partial charge >= 0.3 is 0 Å². The summed E-state index contributed by atoms with van der Waals surface area (Å²) in [6.45, 7) is 7.67. The Hall–Kier alpha value is -1.58. The summed E-state index contributed by atoms with van der Waals surface area (Å²) in [7, 11) is 0. The maximum atomic E-state index is 10.6. The minimum atomic E-state index is -0.199. The van der Waals surface area contributed by atoms with Crippen molar-refractivity contribution in [2.24, 2.45) is 0 Å². The summed E-state index contributed by atoms with van der Waals surface area (Å²) in [6.07, 6.45) is 3.11. The molecule has 0 aromatic carbocycles. The maximum Gasteiger partial charge on any atom is 0.243 e. The first-order chi connectivity index (χ1) is 6.20. The van der Waals surface area contributed by atoms with Crippen molar-refractivity contribution < 1.29 is 12.4 Å². The van der Waals surface area contributed by atoms with Crippen molar-refractivity contribution in [3.8, 4) is 0 Å². The Bertz CT molecular complexity index is 198. The zero-order valence-corrected chi connectivity index (χ0v) is 7.51. The molecule has 4 nitrogen and oxygen atoms in total. The van der Waals surface area contributed by atoms with Crippen LogP contribution in [0.5, 0.6) is 0 Å². The van der Waals surface area contributed by atoms with E-state index in [1.807, 2.05) is 0 Å². The lowest BCUT2D eigenvalue weighted by Gasteiger charge is -2.02. The zero-order chi connectivity index (χ0) is 10.1. The highest BCUT2D eigenvalue weighted by atomic mass is 16.2. The van der Waals surface area contributed by atoms with E-state index >= 15 is 0 Å². The Morgan fingerprint density at radius 2 is 1.46 bits per heavy atom. The molecule has 0 bridgehead atoms. The van der Waals surface area contributed by atoms with Crippen LogP contribution in [0.3, 0.4) is 0 Å². The fraction of sp³-hybridized carbons (Fsp3) is 0.333. The van der Waals surface area contributed by atoms with Gasteiger partial charge < -0.3 is 10.6 Å². The third-order valence-corrected chi connectivity index (χ3v) is 1.32. The molecule has 0 aliphatic heterocycles. The predicted octanol–water partition coefficient (Wildman–Crippen LogP) is 0.473. The Morgan fingerprint density at radius 3 is 1.77 bits per heavy atom. The summed E-state index contributed by atoms with van der Waals surface area (Å²) in [6, 6.07) is 0. The van der Waals surface area contributed by atoms with Gasteiger partial charge in [0.1, 0.15) is 0 Å². The van der Waals surface area contributed by atoms with Gasteiger partial charge in [-0.1, -0.05) is 13.2 Å². The van der Waals surface area contributed by atoms with Crippen LogP contribution in [0.15, 0.2) is 25.3 Å². The lowest BCUT2D eigenvalue weighted by molar-refractivity contribution is -0.116. The summed E-state index contributed by atoms with van der Waals surface area (Å²) in [4.78, 5) is 21.3. The third kappa shape index (κ3) is 6.80. The summed E-state index contributed by atoms with van der Waals surface area (Å²) < 4.78 is 0. The number of carbonyl (C=O) groups is 2. The Kier molecular flexibility index (Phi) is 6.23. The van der Waals surface area contributed by atoms with E-state index in [0.717, 1.165) is 0 Å². The van der Waals surface area contributed by atoms with Gasteiger partial charge in [-0.3, -0.25) is 9.59 Å². The molecule has 0 saturated carbocycles. The normalized spacial score (nSPS) is 8.62. The van der Waals surface area contributed by atoms with E-state index in [2.05, 4.69) is 23.8 Å². The summed E-state index contributed by atoms with van der Waals surface area (Å²) in [5.41, 5.74) is 0. The van der Waals surface area contributed by atoms with E-state index in [-0.39, 0.29) is 14.7 Å². The summed E-state index contributed by atoms with van der Waals surface area (Å²) >= 11 is 0. The molecule has 0 aromatic heterocycles. The van der Waals surface area contributed by atoms with E-state index in [4.69, 9.17) is 0 Å². The largest absolute Gasteiger partial charge is 0.353 e. The molecule has 0 aliphatic rings. The standard InChI is InChI=1S/C9H14N2O2.2H2/c1-3-8(12)10-6-5-7-11-9(13)4-2;;/h3-4H,1-2,5-7H2,(H,10,12)(H,11,13);2*1H. The molecule has 13 heavy (non-hydrogen) atoms. The van der Waals surface area contributed by atoms with Crippen LogP contribution in [0.4, 0.5) is 0 Å². The molecule has 0 radical (unpaired) electrons. The maximum absolute atomic E-state index is 10.6. The van der Waals surface area contributed by atoms with E-state index in [1.54, 1.807) is 0 Å². The van der Waals surface area contributed by atoms with Crippen LogP contribution in [0, 0.1) is 0 Å². The van der Waals surface area contributed by atoms with Crippen LogP contribution < -0.4 is 10.6 Å². The predicted molar refractivity (Wildman–Crippen MR) is 55.3 cm³/mol. The molecule has 4 heteroatoms. The molecular formula is C9H18N2O2. The summed E-state index contributed by atoms with van der Waals surface area (Å²) in [5, 5.41) is 5.18. The molecule has 76 valence electrons. The number of nitrogens with one attached hydrogen (secondary N) is 2. The smallest absolute Gasteiger partial charge is 0.243 e. The van der Waals surface area contributed by atoms with Crippen molar-refractivity contribution in [2.75, 3.05) is 13.1 Å². The molecule has 0 rings (SSSR count). The van der Waals surface area contributed by atoms with E-state index < -0.39 is 0 Å². The Morgan fingerprint density at radius 1 is 1.08 bits per heavy atom. The van der Waals surface area contributed by atoms with Crippen LogP contribution in [-0.2, 0) is 9.59 Å². The van der Waals surface area contributed by atoms with Crippen molar-refractivity contribution in [1.29, 1.82) is 0 Å². The van der Waals surface area contributed by atoms with Gasteiger partial charge in [-0.25, -0.2) is 0 Å². The first-order valence-electron chi connectivity index (χ1n) is 4.01. The quantitative estimate of drug-likeness (QED) is 0.468. The van der Waals surface area contributed by atoms with Crippen LogP contribution in [0.1, 0.15) is 9.27 Å². The lowest BCUT2D eigenvalue weighted by Crippen LogP contribution is -2.27. The van der Waals surface area contributed by atoms with Gasteiger partial charge in [-0.2, -0.15) is 0 Å².